The molecule has 0 amide bonds. The van der Waals surface area contributed by atoms with Gasteiger partial charge in [0.1, 0.15) is 17.0 Å². The molecule has 4 aromatic rings. The van der Waals surface area contributed by atoms with Crippen LogP contribution in [0.4, 0.5) is 15.3 Å². The smallest absolute Gasteiger partial charge is 0.318 e. The Kier molecular flexibility index (Phi) is 4.56. The van der Waals surface area contributed by atoms with Crippen LogP contribution < -0.4 is 26.2 Å². The second-order valence-corrected chi connectivity index (χ2v) is 10.6. The lowest BCUT2D eigenvalue weighted by atomic mass is 10.1. The highest BCUT2D eigenvalue weighted by atomic mass is 32.1. The maximum Gasteiger partial charge on any atom is 0.318 e. The monoisotopic (exact) mass is 493 g/mol. The summed E-state index contributed by atoms with van der Waals surface area (Å²) in [6, 6.07) is 6.03. The van der Waals surface area contributed by atoms with Crippen LogP contribution >= 0.6 is 11.3 Å². The highest BCUT2D eigenvalue weighted by molar-refractivity contribution is 7.22. The molecule has 2 unspecified atom stereocenters. The summed E-state index contributed by atoms with van der Waals surface area (Å²) < 4.78 is 22.2. The van der Waals surface area contributed by atoms with E-state index in [4.69, 9.17) is 10.5 Å². The Bertz CT molecular complexity index is 1550. The fourth-order valence-electron chi connectivity index (χ4n) is 5.58. The lowest BCUT2D eigenvalue weighted by molar-refractivity contribution is 0.380. The molecule has 2 aliphatic heterocycles. The Balaban J connectivity index is 1.50. The van der Waals surface area contributed by atoms with Crippen molar-refractivity contribution in [2.24, 2.45) is 0 Å². The van der Waals surface area contributed by atoms with Crippen molar-refractivity contribution < 1.29 is 9.13 Å². The molecule has 180 valence electrons. The van der Waals surface area contributed by atoms with E-state index >= 15 is 0 Å². The average Bonchev–Trinajstić information content (AvgIpc) is 3.52. The van der Waals surface area contributed by atoms with E-state index in [9.17, 15) is 9.18 Å². The second kappa shape index (κ2) is 7.59. The van der Waals surface area contributed by atoms with Gasteiger partial charge < -0.3 is 25.3 Å². The Morgan fingerprint density at radius 2 is 1.91 bits per heavy atom. The molecule has 1 aromatic carbocycles. The number of nitrogens with two attached hydrogens (primary N) is 1. The van der Waals surface area contributed by atoms with Gasteiger partial charge in [0, 0.05) is 36.8 Å². The summed E-state index contributed by atoms with van der Waals surface area (Å²) in [5.41, 5.74) is 8.09. The van der Waals surface area contributed by atoms with Gasteiger partial charge in [0.25, 0.3) is 5.56 Å². The molecule has 0 spiro atoms. The number of ether oxygens (including phenoxy) is 1. The van der Waals surface area contributed by atoms with Crippen molar-refractivity contribution in [1.29, 1.82) is 0 Å². The summed E-state index contributed by atoms with van der Waals surface area (Å²) in [4.78, 5) is 30.0. The van der Waals surface area contributed by atoms with E-state index in [-0.39, 0.29) is 28.6 Å². The van der Waals surface area contributed by atoms with Crippen LogP contribution in [0.2, 0.25) is 0 Å². The molecule has 11 heteroatoms. The van der Waals surface area contributed by atoms with Crippen LogP contribution in [0.15, 0.2) is 23.0 Å². The standard InChI is InChI=1S/C24H24FN7O2S/c1-34-24-28-16-8-17(14-6-7-15(25)20-19(14)29-23(26)35-20)32(13-4-5-13)22(33)18(16)21(30-24)31-9-11-2-3-12(10-31)27-11/h6-8,11-13,27H,2-5,9-10H2,1H3,(H2,26,29). The predicted molar refractivity (Wildman–Crippen MR) is 134 cm³/mol. The van der Waals surface area contributed by atoms with Crippen LogP contribution in [0.1, 0.15) is 31.7 Å². The molecule has 2 saturated heterocycles. The molecule has 3 N–H and O–H groups in total. The molecule has 1 saturated carbocycles. The number of nitrogen functional groups attached to an aromatic ring is 1. The Morgan fingerprint density at radius 3 is 2.63 bits per heavy atom. The minimum Gasteiger partial charge on any atom is -0.467 e. The van der Waals surface area contributed by atoms with Gasteiger partial charge in [0.15, 0.2) is 5.13 Å². The highest BCUT2D eigenvalue weighted by Crippen LogP contribution is 2.42. The minimum absolute atomic E-state index is 0.0761. The number of halogens is 1. The molecule has 7 rings (SSSR count). The molecule has 0 radical (unpaired) electrons. The zero-order chi connectivity index (χ0) is 23.8. The first-order valence-electron chi connectivity index (χ1n) is 11.9. The molecule has 35 heavy (non-hydrogen) atoms. The number of fused-ring (bicyclic) bond motifs is 4. The zero-order valence-electron chi connectivity index (χ0n) is 19.1. The average molecular weight is 494 g/mol. The number of hydrogen-bond acceptors (Lipinski definition) is 9. The summed E-state index contributed by atoms with van der Waals surface area (Å²) in [5, 5.41) is 4.41. The van der Waals surface area contributed by atoms with E-state index in [1.54, 1.807) is 6.07 Å². The number of piperazine rings is 1. The number of methoxy groups -OCH3 is 1. The van der Waals surface area contributed by atoms with Gasteiger partial charge in [-0.1, -0.05) is 11.3 Å². The molecule has 2 atom stereocenters. The number of nitrogens with zero attached hydrogens (tertiary/aromatic N) is 5. The topological polar surface area (TPSA) is 111 Å². The van der Waals surface area contributed by atoms with Gasteiger partial charge in [-0.05, 0) is 43.9 Å². The number of hydrogen-bond donors (Lipinski definition) is 2. The lowest BCUT2D eigenvalue weighted by Gasteiger charge is -2.34. The van der Waals surface area contributed by atoms with E-state index in [0.29, 0.717) is 50.3 Å². The van der Waals surface area contributed by atoms with Crippen molar-refractivity contribution in [3.8, 4) is 17.3 Å². The van der Waals surface area contributed by atoms with Crippen LogP contribution in [0.25, 0.3) is 32.4 Å². The third-order valence-electron chi connectivity index (χ3n) is 7.26. The number of benzene rings is 1. The maximum atomic E-state index is 14.5. The van der Waals surface area contributed by atoms with Gasteiger partial charge >= 0.3 is 6.01 Å². The Morgan fingerprint density at radius 1 is 1.14 bits per heavy atom. The largest absolute Gasteiger partial charge is 0.467 e. The first-order chi connectivity index (χ1) is 17.0. The summed E-state index contributed by atoms with van der Waals surface area (Å²) in [6.07, 6.45) is 4.06. The molecular formula is C24H24FN7O2S. The molecule has 1 aliphatic carbocycles. The van der Waals surface area contributed by atoms with Crippen LogP contribution in [0.5, 0.6) is 6.01 Å². The fraction of sp³-hybridized carbons (Fsp3) is 0.417. The molecule has 9 nitrogen and oxygen atoms in total. The Hall–Kier alpha value is -3.31. The number of nitrogens with one attached hydrogen (secondary N) is 1. The van der Waals surface area contributed by atoms with E-state index in [0.717, 1.165) is 50.1 Å². The van der Waals surface area contributed by atoms with E-state index in [1.807, 2.05) is 10.6 Å². The van der Waals surface area contributed by atoms with Crippen molar-refractivity contribution >= 4 is 43.4 Å². The quantitative estimate of drug-likeness (QED) is 0.446. The van der Waals surface area contributed by atoms with Crippen molar-refractivity contribution in [3.05, 3.63) is 34.4 Å². The minimum atomic E-state index is -0.376. The first-order valence-corrected chi connectivity index (χ1v) is 12.7. The maximum absolute atomic E-state index is 14.5. The molecular weight excluding hydrogens is 469 g/mol. The first kappa shape index (κ1) is 21.0. The summed E-state index contributed by atoms with van der Waals surface area (Å²) in [7, 11) is 1.53. The van der Waals surface area contributed by atoms with E-state index in [1.165, 1.54) is 13.2 Å². The van der Waals surface area contributed by atoms with Gasteiger partial charge in [-0.15, -0.1) is 0 Å². The van der Waals surface area contributed by atoms with Crippen LogP contribution in [-0.2, 0) is 0 Å². The number of rotatable bonds is 4. The number of pyridine rings is 1. The van der Waals surface area contributed by atoms with Gasteiger partial charge in [-0.3, -0.25) is 4.79 Å². The molecule has 5 heterocycles. The third-order valence-corrected chi connectivity index (χ3v) is 8.15. The molecule has 2 bridgehead atoms. The van der Waals surface area contributed by atoms with Crippen LogP contribution in [-0.4, -0.2) is 51.8 Å². The lowest BCUT2D eigenvalue weighted by Crippen LogP contribution is -2.51. The molecule has 3 aromatic heterocycles. The van der Waals surface area contributed by atoms with Gasteiger partial charge in [-0.25, -0.2) is 9.37 Å². The SMILES string of the molecule is COc1nc(N2CC3CCC(C2)N3)c2c(=O)n(C3CC3)c(-c3ccc(F)c4sc(N)nc34)cc2n1. The normalized spacial score (nSPS) is 21.8. The van der Waals surface area contributed by atoms with Gasteiger partial charge in [0.2, 0.25) is 0 Å². The number of anilines is 2. The molecule has 3 fully saturated rings. The van der Waals surface area contributed by atoms with Gasteiger partial charge in [-0.2, -0.15) is 9.97 Å². The second-order valence-electron chi connectivity index (χ2n) is 9.60. The van der Waals surface area contributed by atoms with Crippen molar-refractivity contribution in [1.82, 2.24) is 24.8 Å². The number of aromatic nitrogens is 4. The van der Waals surface area contributed by atoms with Crippen LogP contribution in [0.3, 0.4) is 0 Å². The van der Waals surface area contributed by atoms with Crippen molar-refractivity contribution in [2.45, 2.75) is 43.8 Å². The van der Waals surface area contributed by atoms with Gasteiger partial charge in [0.05, 0.1) is 28.5 Å². The number of thiazole rings is 1. The van der Waals surface area contributed by atoms with Crippen LogP contribution in [0, 0.1) is 5.82 Å². The van der Waals surface area contributed by atoms with Crippen molar-refractivity contribution in [2.75, 3.05) is 30.8 Å². The summed E-state index contributed by atoms with van der Waals surface area (Å²) >= 11 is 1.10. The third kappa shape index (κ3) is 3.29. The Labute approximate surface area is 203 Å². The zero-order valence-corrected chi connectivity index (χ0v) is 19.9. The summed E-state index contributed by atoms with van der Waals surface area (Å²) in [6.45, 7) is 1.57. The van der Waals surface area contributed by atoms with E-state index in [2.05, 4.69) is 25.2 Å². The fourth-order valence-corrected chi connectivity index (χ4v) is 6.34. The molecule has 3 aliphatic rings. The summed E-state index contributed by atoms with van der Waals surface area (Å²) in [5.74, 6) is 0.247. The predicted octanol–water partition coefficient (Wildman–Crippen LogP) is 3.07. The van der Waals surface area contributed by atoms with E-state index < -0.39 is 0 Å². The van der Waals surface area contributed by atoms with Crippen molar-refractivity contribution in [3.63, 3.8) is 0 Å². The highest BCUT2D eigenvalue weighted by Gasteiger charge is 2.36.